The highest BCUT2D eigenvalue weighted by atomic mass is 16.5. The van der Waals surface area contributed by atoms with Crippen LogP contribution in [0.4, 0.5) is 0 Å². The monoisotopic (exact) mass is 359 g/mol. The van der Waals surface area contributed by atoms with Gasteiger partial charge >= 0.3 is 0 Å². The first-order valence-electron chi connectivity index (χ1n) is 9.19. The number of benzene rings is 3. The highest BCUT2D eigenvalue weighted by Gasteiger charge is 2.19. The molecular weight excluding hydrogens is 334 g/mol. The van der Waals surface area contributed by atoms with Crippen LogP contribution in [0.25, 0.3) is 10.8 Å². The summed E-state index contributed by atoms with van der Waals surface area (Å²) in [7, 11) is 0. The molecule has 0 heterocycles. The smallest absolute Gasteiger partial charge is 0.137 e. The fourth-order valence-electron chi connectivity index (χ4n) is 3.16. The molecule has 0 aliphatic rings. The molecule has 0 N–H and O–H groups in total. The minimum Gasteiger partial charge on any atom is -0.490 e. The molecule has 0 aromatic heterocycles. The molecule has 0 aliphatic heterocycles. The predicted molar refractivity (Wildman–Crippen MR) is 110 cm³/mol. The van der Waals surface area contributed by atoms with E-state index in [1.165, 1.54) is 11.1 Å². The summed E-state index contributed by atoms with van der Waals surface area (Å²) in [5.74, 6) is 1.49. The molecule has 0 unspecified atom stereocenters. The Hall–Kier alpha value is -2.99. The molecule has 0 saturated heterocycles. The van der Waals surface area contributed by atoms with E-state index in [4.69, 9.17) is 9.47 Å². The first-order chi connectivity index (χ1) is 12.9. The average molecular weight is 359 g/mol. The Bertz CT molecular complexity index is 993. The van der Waals surface area contributed by atoms with Gasteiger partial charge in [0.15, 0.2) is 0 Å². The summed E-state index contributed by atoms with van der Waals surface area (Å²) in [4.78, 5) is 0. The van der Waals surface area contributed by atoms with Crippen molar-refractivity contribution in [1.29, 1.82) is 5.26 Å². The molecule has 0 fully saturated rings. The fourth-order valence-corrected chi connectivity index (χ4v) is 3.16. The van der Waals surface area contributed by atoms with Crippen molar-refractivity contribution in [3.8, 4) is 17.6 Å². The van der Waals surface area contributed by atoms with Crippen molar-refractivity contribution in [3.63, 3.8) is 0 Å². The molecule has 0 spiro atoms. The van der Waals surface area contributed by atoms with Crippen LogP contribution in [-0.2, 0) is 5.41 Å². The summed E-state index contributed by atoms with van der Waals surface area (Å²) in [6.45, 7) is 9.39. The van der Waals surface area contributed by atoms with Gasteiger partial charge in [0.2, 0.25) is 0 Å². The van der Waals surface area contributed by atoms with Gasteiger partial charge in [0.05, 0.1) is 0 Å². The van der Waals surface area contributed by atoms with Gasteiger partial charge in [0, 0.05) is 5.39 Å². The topological polar surface area (TPSA) is 42.2 Å². The first kappa shape index (κ1) is 18.8. The van der Waals surface area contributed by atoms with Gasteiger partial charge in [-0.1, -0.05) is 63.2 Å². The lowest BCUT2D eigenvalue weighted by Crippen LogP contribution is -2.16. The zero-order chi connectivity index (χ0) is 19.4. The van der Waals surface area contributed by atoms with Crippen LogP contribution in [0.1, 0.15) is 37.5 Å². The molecule has 138 valence electrons. The molecule has 3 rings (SSSR count). The van der Waals surface area contributed by atoms with E-state index < -0.39 is 0 Å². The van der Waals surface area contributed by atoms with Gasteiger partial charge in [-0.3, -0.25) is 0 Å². The standard InChI is InChI=1S/C24H25NO2/c1-17-9-11-21(24(2,3)4)23(15-17)27-14-13-26-22-12-10-18-7-5-6-8-19(18)20(22)16-25/h5-12,15H,13-14H2,1-4H3. The predicted octanol–water partition coefficient (Wildman–Crippen LogP) is 5.78. The van der Waals surface area contributed by atoms with Gasteiger partial charge in [0.1, 0.15) is 36.3 Å². The number of ether oxygens (including phenoxy) is 2. The molecule has 0 aliphatic carbocycles. The van der Waals surface area contributed by atoms with Crippen LogP contribution < -0.4 is 9.47 Å². The van der Waals surface area contributed by atoms with Crippen LogP contribution in [0.5, 0.6) is 11.5 Å². The Morgan fingerprint density at radius 1 is 0.889 bits per heavy atom. The van der Waals surface area contributed by atoms with Crippen LogP contribution >= 0.6 is 0 Å². The molecule has 0 saturated carbocycles. The molecule has 0 radical (unpaired) electrons. The largest absolute Gasteiger partial charge is 0.490 e. The highest BCUT2D eigenvalue weighted by molar-refractivity contribution is 5.90. The van der Waals surface area contributed by atoms with Gasteiger partial charge in [-0.05, 0) is 41.0 Å². The van der Waals surface area contributed by atoms with Crippen molar-refractivity contribution in [1.82, 2.24) is 0 Å². The van der Waals surface area contributed by atoms with Gasteiger partial charge in [-0.15, -0.1) is 0 Å². The number of fused-ring (bicyclic) bond motifs is 1. The Balaban J connectivity index is 1.71. The van der Waals surface area contributed by atoms with E-state index in [2.05, 4.69) is 52.0 Å². The number of nitriles is 1. The molecular formula is C24H25NO2. The van der Waals surface area contributed by atoms with Gasteiger partial charge in [0.25, 0.3) is 0 Å². The van der Waals surface area contributed by atoms with Crippen molar-refractivity contribution in [2.24, 2.45) is 0 Å². The average Bonchev–Trinajstić information content (AvgIpc) is 2.63. The Morgan fingerprint density at radius 2 is 1.59 bits per heavy atom. The zero-order valence-electron chi connectivity index (χ0n) is 16.4. The van der Waals surface area contributed by atoms with Crippen molar-refractivity contribution in [2.75, 3.05) is 13.2 Å². The second-order valence-corrected chi connectivity index (χ2v) is 7.72. The van der Waals surface area contributed by atoms with Crippen molar-refractivity contribution in [2.45, 2.75) is 33.1 Å². The van der Waals surface area contributed by atoms with E-state index in [1.54, 1.807) is 0 Å². The van der Waals surface area contributed by atoms with E-state index in [0.717, 1.165) is 16.5 Å². The van der Waals surface area contributed by atoms with Gasteiger partial charge in [-0.25, -0.2) is 0 Å². The number of nitrogens with zero attached hydrogens (tertiary/aromatic N) is 1. The zero-order valence-corrected chi connectivity index (χ0v) is 16.4. The highest BCUT2D eigenvalue weighted by Crippen LogP contribution is 2.32. The Kier molecular flexibility index (Phi) is 5.37. The lowest BCUT2D eigenvalue weighted by atomic mass is 9.86. The molecule has 3 aromatic carbocycles. The van der Waals surface area contributed by atoms with Crippen molar-refractivity contribution < 1.29 is 9.47 Å². The summed E-state index contributed by atoms with van der Waals surface area (Å²) in [6.07, 6.45) is 0. The molecule has 0 amide bonds. The number of hydrogen-bond donors (Lipinski definition) is 0. The van der Waals surface area contributed by atoms with Crippen LogP contribution in [0.3, 0.4) is 0 Å². The molecule has 0 bridgehead atoms. The van der Waals surface area contributed by atoms with Crippen LogP contribution in [0.15, 0.2) is 54.6 Å². The number of hydrogen-bond acceptors (Lipinski definition) is 3. The number of rotatable bonds is 5. The van der Waals surface area contributed by atoms with E-state index in [1.807, 2.05) is 36.4 Å². The SMILES string of the molecule is Cc1ccc(C(C)(C)C)c(OCCOc2ccc3ccccc3c2C#N)c1. The second-order valence-electron chi connectivity index (χ2n) is 7.72. The lowest BCUT2D eigenvalue weighted by molar-refractivity contribution is 0.214. The Labute approximate surface area is 161 Å². The minimum atomic E-state index is 0.0101. The maximum absolute atomic E-state index is 9.55. The summed E-state index contributed by atoms with van der Waals surface area (Å²) in [6, 6.07) is 20.2. The molecule has 3 aromatic rings. The van der Waals surface area contributed by atoms with Crippen LogP contribution in [-0.4, -0.2) is 13.2 Å². The molecule has 0 atom stereocenters. The van der Waals surface area contributed by atoms with E-state index in [-0.39, 0.29) is 5.41 Å². The summed E-state index contributed by atoms with van der Waals surface area (Å²) in [5.41, 5.74) is 2.92. The summed E-state index contributed by atoms with van der Waals surface area (Å²) in [5, 5.41) is 11.5. The van der Waals surface area contributed by atoms with E-state index >= 15 is 0 Å². The molecule has 3 nitrogen and oxygen atoms in total. The Morgan fingerprint density at radius 3 is 2.30 bits per heavy atom. The van der Waals surface area contributed by atoms with E-state index in [9.17, 15) is 5.26 Å². The maximum atomic E-state index is 9.55. The lowest BCUT2D eigenvalue weighted by Gasteiger charge is -2.23. The van der Waals surface area contributed by atoms with Gasteiger partial charge < -0.3 is 9.47 Å². The third-order valence-corrected chi connectivity index (χ3v) is 4.55. The normalized spacial score (nSPS) is 11.2. The number of aryl methyl sites for hydroxylation is 1. The van der Waals surface area contributed by atoms with Crippen LogP contribution in [0.2, 0.25) is 0 Å². The summed E-state index contributed by atoms with van der Waals surface area (Å²) < 4.78 is 11.9. The van der Waals surface area contributed by atoms with E-state index in [0.29, 0.717) is 24.5 Å². The fraction of sp³-hybridized carbons (Fsp3) is 0.292. The minimum absolute atomic E-state index is 0.0101. The first-order valence-corrected chi connectivity index (χ1v) is 9.19. The maximum Gasteiger partial charge on any atom is 0.137 e. The van der Waals surface area contributed by atoms with Gasteiger partial charge in [-0.2, -0.15) is 5.26 Å². The quantitative estimate of drug-likeness (QED) is 0.543. The van der Waals surface area contributed by atoms with Crippen molar-refractivity contribution in [3.05, 3.63) is 71.3 Å². The van der Waals surface area contributed by atoms with Crippen LogP contribution in [0, 0.1) is 18.3 Å². The molecule has 3 heteroatoms. The third kappa shape index (κ3) is 4.23. The molecule has 27 heavy (non-hydrogen) atoms. The van der Waals surface area contributed by atoms with Crippen molar-refractivity contribution >= 4 is 10.8 Å². The second kappa shape index (κ2) is 7.72. The summed E-state index contributed by atoms with van der Waals surface area (Å²) >= 11 is 0. The third-order valence-electron chi connectivity index (χ3n) is 4.55.